The van der Waals surface area contributed by atoms with Crippen LogP contribution in [0, 0.1) is 11.6 Å². The van der Waals surface area contributed by atoms with Crippen LogP contribution >= 0.6 is 20.8 Å². The molecule has 0 saturated carbocycles. The molecule has 2 rings (SSSR count). The lowest BCUT2D eigenvalue weighted by molar-refractivity contribution is -0.120. The molecule has 0 saturated heterocycles. The van der Waals surface area contributed by atoms with Crippen LogP contribution in [0.5, 0.6) is 0 Å². The fourth-order valence-electron chi connectivity index (χ4n) is 2.12. The second-order valence-electron chi connectivity index (χ2n) is 5.53. The summed E-state index contributed by atoms with van der Waals surface area (Å²) in [5.74, 6) is -4.24. The Morgan fingerprint density at radius 1 is 1.14 bits per heavy atom. The molecule has 3 N–H and O–H groups in total. The van der Waals surface area contributed by atoms with Crippen molar-refractivity contribution in [2.75, 3.05) is 16.0 Å². The molecule has 6 nitrogen and oxygen atoms in total. The summed E-state index contributed by atoms with van der Waals surface area (Å²) < 4.78 is 41.6. The van der Waals surface area contributed by atoms with Gasteiger partial charge in [-0.25, -0.2) is 13.2 Å². The lowest BCUT2D eigenvalue weighted by Gasteiger charge is -2.14. The maximum atomic E-state index is 14.4. The van der Waals surface area contributed by atoms with Crippen molar-refractivity contribution in [1.29, 1.82) is 0 Å². The van der Waals surface area contributed by atoms with Gasteiger partial charge in [0.15, 0.2) is 17.8 Å². The van der Waals surface area contributed by atoms with Crippen molar-refractivity contribution in [3.63, 3.8) is 0 Å². The molecule has 0 radical (unpaired) electrons. The number of amides is 3. The lowest BCUT2D eigenvalue weighted by atomic mass is 10.1. The molecule has 0 fully saturated rings. The van der Waals surface area contributed by atoms with Crippen molar-refractivity contribution in [1.82, 2.24) is 0 Å². The summed E-state index contributed by atoms with van der Waals surface area (Å²) in [7, 11) is 1.80. The van der Waals surface area contributed by atoms with Crippen LogP contribution in [0.15, 0.2) is 24.3 Å². The van der Waals surface area contributed by atoms with Crippen LogP contribution in [0.1, 0.15) is 17.3 Å². The van der Waals surface area contributed by atoms with E-state index in [0.29, 0.717) is 6.41 Å². The van der Waals surface area contributed by atoms with E-state index in [4.69, 9.17) is 11.6 Å². The quantitative estimate of drug-likeness (QED) is 0.485. The number of benzene rings is 2. The van der Waals surface area contributed by atoms with Crippen LogP contribution in [-0.2, 0) is 9.59 Å². The normalized spacial score (nSPS) is 11.5. The molecule has 0 bridgehead atoms. The molecule has 28 heavy (non-hydrogen) atoms. The summed E-state index contributed by atoms with van der Waals surface area (Å²) in [6, 6.07) is 4.86. The smallest absolute Gasteiger partial charge is 0.258 e. The molecule has 2 aromatic carbocycles. The molecule has 0 aliphatic rings. The number of halogens is 4. The van der Waals surface area contributed by atoms with Crippen molar-refractivity contribution in [3.05, 3.63) is 46.5 Å². The van der Waals surface area contributed by atoms with Crippen molar-refractivity contribution in [2.24, 2.45) is 0 Å². The molecule has 0 aromatic heterocycles. The van der Waals surface area contributed by atoms with Crippen molar-refractivity contribution in [3.8, 4) is 0 Å². The van der Waals surface area contributed by atoms with Gasteiger partial charge in [-0.05, 0) is 31.2 Å². The first-order chi connectivity index (χ1) is 13.1. The SMILES string of the molecule is CC(F)C(=O)Nc1cc(NC(=O)c2cc(NC=O)ccc2Cl)c(F)c(P)c1F. The van der Waals surface area contributed by atoms with Crippen LogP contribution in [-0.4, -0.2) is 24.4 Å². The van der Waals surface area contributed by atoms with Crippen molar-refractivity contribution >= 4 is 61.4 Å². The predicted octanol–water partition coefficient (Wildman–Crippen LogP) is 3.24. The predicted molar refractivity (Wildman–Crippen MR) is 104 cm³/mol. The molecule has 2 unspecified atom stereocenters. The Morgan fingerprint density at radius 2 is 1.75 bits per heavy atom. The van der Waals surface area contributed by atoms with E-state index in [2.05, 4.69) is 10.6 Å². The van der Waals surface area contributed by atoms with Gasteiger partial charge in [0.05, 0.1) is 22.0 Å². The number of nitrogens with one attached hydrogen (secondary N) is 3. The molecule has 0 heterocycles. The van der Waals surface area contributed by atoms with Gasteiger partial charge in [-0.15, -0.1) is 0 Å². The summed E-state index contributed by atoms with van der Waals surface area (Å²) in [6.45, 7) is 0.948. The van der Waals surface area contributed by atoms with Gasteiger partial charge in [0.2, 0.25) is 6.41 Å². The highest BCUT2D eigenvalue weighted by Gasteiger charge is 2.21. The zero-order valence-corrected chi connectivity index (χ0v) is 16.2. The topological polar surface area (TPSA) is 87.3 Å². The average Bonchev–Trinajstić information content (AvgIpc) is 2.65. The third kappa shape index (κ3) is 4.79. The second kappa shape index (κ2) is 9.03. The minimum atomic E-state index is -1.93. The van der Waals surface area contributed by atoms with E-state index in [1.807, 2.05) is 5.32 Å². The van der Waals surface area contributed by atoms with Crippen molar-refractivity contribution in [2.45, 2.75) is 13.1 Å². The highest BCUT2D eigenvalue weighted by molar-refractivity contribution is 7.27. The Kier molecular flexibility index (Phi) is 6.99. The van der Waals surface area contributed by atoms with Crippen LogP contribution in [0.3, 0.4) is 0 Å². The first-order valence-corrected chi connectivity index (χ1v) is 8.64. The Bertz CT molecular complexity index is 957. The molecule has 2 aromatic rings. The second-order valence-corrected chi connectivity index (χ2v) is 6.51. The number of carbonyl (C=O) groups is 3. The van der Waals surface area contributed by atoms with Gasteiger partial charge < -0.3 is 16.0 Å². The molecule has 3 amide bonds. The fourth-order valence-corrected chi connectivity index (χ4v) is 2.63. The standard InChI is InChI=1S/C17H14ClF3N3O3P/c1-7(19)16(26)23-11-5-12(14(21)15(28)13(11)20)24-17(27)9-4-8(22-6-25)2-3-10(9)18/h2-7H,28H2,1H3,(H,22,25)(H,23,26)(H,24,27). The lowest BCUT2D eigenvalue weighted by Crippen LogP contribution is -2.24. The third-order valence-corrected chi connectivity index (χ3v) is 4.37. The first kappa shape index (κ1) is 21.7. The molecular formula is C17H14ClF3N3O3P. The number of hydrogen-bond donors (Lipinski definition) is 3. The van der Waals surface area contributed by atoms with E-state index in [0.717, 1.165) is 13.0 Å². The van der Waals surface area contributed by atoms with Gasteiger partial charge in [0.25, 0.3) is 11.8 Å². The molecule has 148 valence electrons. The van der Waals surface area contributed by atoms with Crippen LogP contribution in [0.25, 0.3) is 0 Å². The monoisotopic (exact) mass is 431 g/mol. The zero-order chi connectivity index (χ0) is 21.0. The van der Waals surface area contributed by atoms with Gasteiger partial charge in [-0.2, -0.15) is 0 Å². The number of carbonyl (C=O) groups excluding carboxylic acids is 3. The van der Waals surface area contributed by atoms with Gasteiger partial charge in [-0.3, -0.25) is 14.4 Å². The fraction of sp³-hybridized carbons (Fsp3) is 0.118. The first-order valence-electron chi connectivity index (χ1n) is 7.69. The molecule has 0 aliphatic heterocycles. The average molecular weight is 432 g/mol. The minimum Gasteiger partial charge on any atom is -0.329 e. The summed E-state index contributed by atoms with van der Waals surface area (Å²) in [4.78, 5) is 34.4. The zero-order valence-electron chi connectivity index (χ0n) is 14.3. The molecule has 2 atom stereocenters. The van der Waals surface area contributed by atoms with E-state index in [9.17, 15) is 27.6 Å². The molecule has 0 spiro atoms. The van der Waals surface area contributed by atoms with E-state index in [-0.39, 0.29) is 16.3 Å². The summed E-state index contributed by atoms with van der Waals surface area (Å²) >= 11 is 5.96. The van der Waals surface area contributed by atoms with E-state index >= 15 is 0 Å². The Morgan fingerprint density at radius 3 is 2.32 bits per heavy atom. The highest BCUT2D eigenvalue weighted by atomic mass is 35.5. The number of hydrogen-bond acceptors (Lipinski definition) is 3. The Hall–Kier alpha value is -2.64. The Labute approximate surface area is 165 Å². The number of anilines is 3. The summed E-state index contributed by atoms with van der Waals surface area (Å²) in [6.07, 6.45) is -1.53. The highest BCUT2D eigenvalue weighted by Crippen LogP contribution is 2.26. The van der Waals surface area contributed by atoms with Crippen LogP contribution in [0.4, 0.5) is 30.2 Å². The van der Waals surface area contributed by atoms with Crippen molar-refractivity contribution < 1.29 is 27.6 Å². The minimum absolute atomic E-state index is 0.0161. The van der Waals surface area contributed by atoms with Crippen LogP contribution < -0.4 is 21.3 Å². The van der Waals surface area contributed by atoms with Crippen LogP contribution in [0.2, 0.25) is 5.02 Å². The van der Waals surface area contributed by atoms with E-state index in [1.165, 1.54) is 18.2 Å². The summed E-state index contributed by atoms with van der Waals surface area (Å²) in [5, 5.41) is 5.96. The number of alkyl halides is 1. The number of rotatable bonds is 6. The van der Waals surface area contributed by atoms with E-state index < -0.39 is 46.3 Å². The van der Waals surface area contributed by atoms with Gasteiger partial charge >= 0.3 is 0 Å². The molecular weight excluding hydrogens is 418 g/mol. The Balaban J connectivity index is 2.39. The van der Waals surface area contributed by atoms with Gasteiger partial charge in [0, 0.05) is 11.0 Å². The summed E-state index contributed by atoms with van der Waals surface area (Å²) in [5.41, 5.74) is -0.812. The maximum absolute atomic E-state index is 14.4. The maximum Gasteiger partial charge on any atom is 0.258 e. The van der Waals surface area contributed by atoms with E-state index in [1.54, 1.807) is 9.24 Å². The van der Waals surface area contributed by atoms with Gasteiger partial charge in [0.1, 0.15) is 0 Å². The third-order valence-electron chi connectivity index (χ3n) is 3.54. The largest absolute Gasteiger partial charge is 0.329 e. The molecule has 11 heteroatoms. The molecule has 0 aliphatic carbocycles. The van der Waals surface area contributed by atoms with Gasteiger partial charge in [-0.1, -0.05) is 20.8 Å².